The van der Waals surface area contributed by atoms with Crippen molar-refractivity contribution >= 4 is 8.81 Å². The highest BCUT2D eigenvalue weighted by Crippen LogP contribution is 2.37. The molecule has 0 heterocycles. The summed E-state index contributed by atoms with van der Waals surface area (Å²) in [6.07, 6.45) is 0. The molecular formula is C22H24NO2P. The first kappa shape index (κ1) is 18.6. The topological polar surface area (TPSA) is 30.5 Å². The van der Waals surface area contributed by atoms with Gasteiger partial charge in [-0.25, -0.2) is 0 Å². The van der Waals surface area contributed by atoms with Gasteiger partial charge < -0.3 is 9.26 Å². The average Bonchev–Trinajstić information content (AvgIpc) is 2.73. The highest BCUT2D eigenvalue weighted by atomic mass is 31.1. The summed E-state index contributed by atoms with van der Waals surface area (Å²) < 4.78 is 11.0. The molecule has 3 nitrogen and oxygen atoms in total. The largest absolute Gasteiger partial charge is 0.497 e. The summed E-state index contributed by atoms with van der Waals surface area (Å²) >= 11 is 0. The molecule has 134 valence electrons. The van der Waals surface area contributed by atoms with Crippen molar-refractivity contribution in [3.05, 3.63) is 102 Å². The Hall–Kier alpha value is -2.19. The van der Waals surface area contributed by atoms with E-state index in [2.05, 4.69) is 66.0 Å². The molecule has 0 aromatic heterocycles. The molecule has 0 radical (unpaired) electrons. The van der Waals surface area contributed by atoms with Gasteiger partial charge in [0.05, 0.1) is 12.6 Å². The van der Waals surface area contributed by atoms with Crippen LogP contribution in [0.4, 0.5) is 0 Å². The molecule has 3 aromatic rings. The normalized spacial score (nSPS) is 11.8. The third-order valence-electron chi connectivity index (χ3n) is 4.49. The Morgan fingerprint density at radius 3 is 1.73 bits per heavy atom. The van der Waals surface area contributed by atoms with Crippen LogP contribution >= 0.6 is 8.81 Å². The zero-order valence-electron chi connectivity index (χ0n) is 15.1. The zero-order chi connectivity index (χ0) is 18.2. The average molecular weight is 365 g/mol. The number of hydrogen-bond acceptors (Lipinski definition) is 3. The van der Waals surface area contributed by atoms with Crippen LogP contribution in [0.15, 0.2) is 84.9 Å². The lowest BCUT2D eigenvalue weighted by Gasteiger charge is -2.37. The molecule has 3 rings (SSSR count). The molecule has 0 spiro atoms. The van der Waals surface area contributed by atoms with Crippen LogP contribution in [0.25, 0.3) is 0 Å². The van der Waals surface area contributed by atoms with Crippen LogP contribution in [0, 0.1) is 0 Å². The van der Waals surface area contributed by atoms with Crippen LogP contribution in [0.3, 0.4) is 0 Å². The maximum atomic E-state index is 5.69. The summed E-state index contributed by atoms with van der Waals surface area (Å²) in [6, 6.07) is 29.2. The van der Waals surface area contributed by atoms with Gasteiger partial charge in [-0.05, 0) is 35.5 Å². The second-order valence-electron chi connectivity index (χ2n) is 5.88. The standard InChI is InChI=1S/C22H24NO2P/c1-24-21-15-13-20(14-16-21)22(23-17-25-26-2,18-9-5-3-6-10-18)19-11-7-4-8-12-19/h3-16,23,26H,17H2,1-2H3. The number of nitrogens with one attached hydrogen (secondary N) is 1. The minimum Gasteiger partial charge on any atom is -0.497 e. The van der Waals surface area contributed by atoms with Crippen molar-refractivity contribution in [1.29, 1.82) is 0 Å². The van der Waals surface area contributed by atoms with Crippen molar-refractivity contribution in [2.75, 3.05) is 20.5 Å². The SMILES string of the molecule is COc1ccc(C(NCOPC)(c2ccccc2)c2ccccc2)cc1. The minimum absolute atomic E-state index is 0.432. The highest BCUT2D eigenvalue weighted by molar-refractivity contribution is 7.31. The van der Waals surface area contributed by atoms with Crippen molar-refractivity contribution in [1.82, 2.24) is 5.32 Å². The lowest BCUT2D eigenvalue weighted by molar-refractivity contribution is 0.277. The van der Waals surface area contributed by atoms with Gasteiger partial charge in [-0.15, -0.1) is 0 Å². The maximum absolute atomic E-state index is 5.69. The van der Waals surface area contributed by atoms with Gasteiger partial charge in [0, 0.05) is 8.81 Å². The Balaban J connectivity index is 2.19. The van der Waals surface area contributed by atoms with E-state index in [0.717, 1.165) is 11.3 Å². The van der Waals surface area contributed by atoms with Crippen molar-refractivity contribution < 1.29 is 9.26 Å². The van der Waals surface area contributed by atoms with Gasteiger partial charge in [0.2, 0.25) is 0 Å². The monoisotopic (exact) mass is 365 g/mol. The maximum Gasteiger partial charge on any atom is 0.118 e. The summed E-state index contributed by atoms with van der Waals surface area (Å²) in [4.78, 5) is 0. The molecule has 1 N–H and O–H groups in total. The first-order chi connectivity index (χ1) is 12.8. The fourth-order valence-corrected chi connectivity index (χ4v) is 3.46. The van der Waals surface area contributed by atoms with Gasteiger partial charge in [0.1, 0.15) is 12.5 Å². The molecule has 0 aliphatic heterocycles. The predicted octanol–water partition coefficient (Wildman–Crippen LogP) is 4.77. The number of ether oxygens (including phenoxy) is 1. The molecular weight excluding hydrogens is 341 g/mol. The molecule has 0 saturated heterocycles. The Morgan fingerprint density at radius 1 is 0.769 bits per heavy atom. The summed E-state index contributed by atoms with van der Waals surface area (Å²) in [7, 11) is 2.12. The molecule has 3 aromatic carbocycles. The number of benzene rings is 3. The molecule has 26 heavy (non-hydrogen) atoms. The van der Waals surface area contributed by atoms with E-state index in [-0.39, 0.29) is 0 Å². The van der Waals surface area contributed by atoms with Gasteiger partial charge >= 0.3 is 0 Å². The van der Waals surface area contributed by atoms with E-state index in [9.17, 15) is 0 Å². The Morgan fingerprint density at radius 2 is 1.27 bits per heavy atom. The van der Waals surface area contributed by atoms with Crippen LogP contribution in [-0.2, 0) is 10.1 Å². The first-order valence-electron chi connectivity index (χ1n) is 8.60. The van der Waals surface area contributed by atoms with Crippen molar-refractivity contribution in [3.63, 3.8) is 0 Å². The fourth-order valence-electron chi connectivity index (χ4n) is 3.24. The molecule has 0 fully saturated rings. The Kier molecular flexibility index (Phi) is 6.40. The minimum atomic E-state index is -0.506. The van der Waals surface area contributed by atoms with Gasteiger partial charge in [-0.2, -0.15) is 0 Å². The summed E-state index contributed by atoms with van der Waals surface area (Å²) in [5.74, 6) is 0.843. The molecule has 0 amide bonds. The van der Waals surface area contributed by atoms with Crippen molar-refractivity contribution in [3.8, 4) is 5.75 Å². The molecule has 0 bridgehead atoms. The van der Waals surface area contributed by atoms with E-state index in [1.807, 2.05) is 30.9 Å². The van der Waals surface area contributed by atoms with Crippen LogP contribution in [0.5, 0.6) is 5.75 Å². The second kappa shape index (κ2) is 8.95. The smallest absolute Gasteiger partial charge is 0.118 e. The van der Waals surface area contributed by atoms with E-state index in [1.165, 1.54) is 11.1 Å². The highest BCUT2D eigenvalue weighted by Gasteiger charge is 2.35. The Bertz CT molecular complexity index is 752. The fraction of sp³-hybridized carbons (Fsp3) is 0.182. The molecule has 0 aliphatic rings. The van der Waals surface area contributed by atoms with E-state index in [0.29, 0.717) is 15.5 Å². The van der Waals surface area contributed by atoms with Crippen LogP contribution in [0.1, 0.15) is 16.7 Å². The quantitative estimate of drug-likeness (QED) is 0.270. The summed E-state index contributed by atoms with van der Waals surface area (Å²) in [6.45, 7) is 2.49. The number of rotatable bonds is 8. The van der Waals surface area contributed by atoms with Crippen molar-refractivity contribution in [2.24, 2.45) is 0 Å². The van der Waals surface area contributed by atoms with E-state index in [1.54, 1.807) is 7.11 Å². The summed E-state index contributed by atoms with van der Waals surface area (Å²) in [5.41, 5.74) is 2.96. The van der Waals surface area contributed by atoms with Gasteiger partial charge in [-0.3, -0.25) is 5.32 Å². The lowest BCUT2D eigenvalue weighted by atomic mass is 9.77. The number of methoxy groups -OCH3 is 1. The first-order valence-corrected chi connectivity index (χ1v) is 10.0. The molecule has 0 saturated carbocycles. The predicted molar refractivity (Wildman–Crippen MR) is 109 cm³/mol. The molecule has 0 aliphatic carbocycles. The van der Waals surface area contributed by atoms with Crippen molar-refractivity contribution in [2.45, 2.75) is 5.54 Å². The van der Waals surface area contributed by atoms with Crippen LogP contribution in [0.2, 0.25) is 0 Å². The lowest BCUT2D eigenvalue weighted by Crippen LogP contribution is -2.45. The van der Waals surface area contributed by atoms with Crippen LogP contribution in [-0.4, -0.2) is 20.5 Å². The second-order valence-corrected chi connectivity index (χ2v) is 6.58. The van der Waals surface area contributed by atoms with Gasteiger partial charge in [0.15, 0.2) is 0 Å². The van der Waals surface area contributed by atoms with E-state index >= 15 is 0 Å². The summed E-state index contributed by atoms with van der Waals surface area (Å²) in [5, 5.41) is 3.66. The molecule has 4 heteroatoms. The van der Waals surface area contributed by atoms with Gasteiger partial charge in [-0.1, -0.05) is 72.8 Å². The zero-order valence-corrected chi connectivity index (χ0v) is 16.1. The van der Waals surface area contributed by atoms with Crippen LogP contribution < -0.4 is 10.1 Å². The van der Waals surface area contributed by atoms with Gasteiger partial charge in [0.25, 0.3) is 0 Å². The van der Waals surface area contributed by atoms with E-state index in [4.69, 9.17) is 9.26 Å². The van der Waals surface area contributed by atoms with E-state index < -0.39 is 5.54 Å². The Labute approximate surface area is 157 Å². The molecule has 1 atom stereocenters. The number of hydrogen-bond donors (Lipinski definition) is 1. The third kappa shape index (κ3) is 3.81. The third-order valence-corrected chi connectivity index (χ3v) is 4.92. The molecule has 1 unspecified atom stereocenters.